The van der Waals surface area contributed by atoms with E-state index < -0.39 is 10.2 Å². The van der Waals surface area contributed by atoms with Crippen molar-refractivity contribution in [3.63, 3.8) is 0 Å². The summed E-state index contributed by atoms with van der Waals surface area (Å²) in [5.74, 6) is 0.0150. The fourth-order valence-corrected chi connectivity index (χ4v) is 4.16. The number of aryl methyl sites for hydroxylation is 1. The van der Waals surface area contributed by atoms with Gasteiger partial charge in [-0.25, -0.2) is 0 Å². The van der Waals surface area contributed by atoms with E-state index in [-0.39, 0.29) is 11.9 Å². The zero-order chi connectivity index (χ0) is 18.8. The lowest BCUT2D eigenvalue weighted by atomic mass is 9.99. The molecule has 0 aromatic heterocycles. The molecule has 1 fully saturated rings. The molecule has 7 nitrogen and oxygen atoms in total. The number of carbonyl (C=O) groups is 1. The summed E-state index contributed by atoms with van der Waals surface area (Å²) in [4.78, 5) is 16.8. The molecule has 0 bridgehead atoms. The topological polar surface area (TPSA) is 64.2 Å². The Morgan fingerprint density at radius 2 is 1.60 bits per heavy atom. The van der Waals surface area contributed by atoms with E-state index >= 15 is 0 Å². The van der Waals surface area contributed by atoms with Gasteiger partial charge in [-0.3, -0.25) is 9.69 Å². The predicted octanol–water partition coefficient (Wildman–Crippen LogP) is 0.548. The van der Waals surface area contributed by atoms with Crippen LogP contribution in [0.3, 0.4) is 0 Å². The molecule has 1 atom stereocenters. The molecule has 1 aromatic carbocycles. The van der Waals surface area contributed by atoms with Crippen molar-refractivity contribution in [2.45, 2.75) is 13.0 Å². The summed E-state index contributed by atoms with van der Waals surface area (Å²) in [7, 11) is 3.40. The monoisotopic (exact) mass is 368 g/mol. The molecule has 0 spiro atoms. The highest BCUT2D eigenvalue weighted by molar-refractivity contribution is 7.86. The third kappa shape index (κ3) is 4.20. The minimum Gasteiger partial charge on any atom is -0.338 e. The van der Waals surface area contributed by atoms with E-state index in [1.807, 2.05) is 50.2 Å². The first-order valence-electron chi connectivity index (χ1n) is 8.34. The molecule has 0 saturated carbocycles. The highest BCUT2D eigenvalue weighted by Crippen LogP contribution is 2.25. The first kappa shape index (κ1) is 19.8. The van der Waals surface area contributed by atoms with Crippen LogP contribution in [0, 0.1) is 6.92 Å². The van der Waals surface area contributed by atoms with Gasteiger partial charge in [0.2, 0.25) is 5.91 Å². The summed E-state index contributed by atoms with van der Waals surface area (Å²) in [6.45, 7) is 3.45. The number of amides is 1. The van der Waals surface area contributed by atoms with Crippen LogP contribution in [0.1, 0.15) is 17.2 Å². The third-order valence-electron chi connectivity index (χ3n) is 4.57. The molecule has 1 amide bonds. The molecule has 1 saturated heterocycles. The smallest absolute Gasteiger partial charge is 0.281 e. The van der Waals surface area contributed by atoms with Crippen LogP contribution in [0.25, 0.3) is 0 Å². The van der Waals surface area contributed by atoms with Gasteiger partial charge in [-0.2, -0.15) is 17.0 Å². The molecule has 1 aliphatic rings. The van der Waals surface area contributed by atoms with Crippen molar-refractivity contribution in [1.29, 1.82) is 0 Å². The highest BCUT2D eigenvalue weighted by atomic mass is 32.2. The summed E-state index contributed by atoms with van der Waals surface area (Å²) in [5, 5.41) is 0. The SMILES string of the molecule is Cc1ccccc1C(C(=O)N1CCN(S(=O)(=O)N(C)C)CC1)N(C)C. The number of nitrogens with zero attached hydrogens (tertiary/aromatic N) is 4. The average molecular weight is 369 g/mol. The maximum absolute atomic E-state index is 13.1. The lowest BCUT2D eigenvalue weighted by Gasteiger charge is -2.38. The van der Waals surface area contributed by atoms with Gasteiger partial charge in [0.1, 0.15) is 6.04 Å². The standard InChI is InChI=1S/C17H28N4O3S/c1-14-8-6-7-9-15(14)16(18(2)3)17(22)20-10-12-21(13-11-20)25(23,24)19(4)5/h6-9,16H,10-13H2,1-5H3. The fourth-order valence-electron chi connectivity index (χ4n) is 3.07. The third-order valence-corrected chi connectivity index (χ3v) is 6.51. The number of hydrogen-bond acceptors (Lipinski definition) is 4. The molecule has 2 rings (SSSR count). The molecule has 1 aromatic rings. The molecule has 1 heterocycles. The summed E-state index contributed by atoms with van der Waals surface area (Å²) >= 11 is 0. The maximum atomic E-state index is 13.1. The molecule has 0 aliphatic carbocycles. The van der Waals surface area contributed by atoms with Gasteiger partial charge in [0.15, 0.2) is 0 Å². The Labute approximate surface area is 151 Å². The molecule has 25 heavy (non-hydrogen) atoms. The van der Waals surface area contributed by atoms with E-state index in [4.69, 9.17) is 0 Å². The van der Waals surface area contributed by atoms with Crippen molar-refractivity contribution in [2.75, 3.05) is 54.4 Å². The molecule has 0 N–H and O–H groups in total. The summed E-state index contributed by atoms with van der Waals surface area (Å²) in [6.07, 6.45) is 0. The van der Waals surface area contributed by atoms with Crippen LogP contribution >= 0.6 is 0 Å². The summed E-state index contributed by atoms with van der Waals surface area (Å²) in [5.41, 5.74) is 2.06. The second kappa shape index (κ2) is 7.82. The van der Waals surface area contributed by atoms with E-state index in [1.54, 1.807) is 4.90 Å². The van der Waals surface area contributed by atoms with Gasteiger partial charge in [-0.15, -0.1) is 0 Å². The van der Waals surface area contributed by atoms with Crippen LogP contribution in [-0.2, 0) is 15.0 Å². The first-order chi connectivity index (χ1) is 11.7. The highest BCUT2D eigenvalue weighted by Gasteiger charge is 2.34. The molecule has 140 valence electrons. The van der Waals surface area contributed by atoms with Crippen LogP contribution in [0.5, 0.6) is 0 Å². The van der Waals surface area contributed by atoms with E-state index in [9.17, 15) is 13.2 Å². The maximum Gasteiger partial charge on any atom is 0.281 e. The zero-order valence-corrected chi connectivity index (χ0v) is 16.5. The van der Waals surface area contributed by atoms with Crippen LogP contribution < -0.4 is 0 Å². The number of piperazine rings is 1. The Hall–Kier alpha value is -1.48. The predicted molar refractivity (Wildman–Crippen MR) is 98.4 cm³/mol. The minimum atomic E-state index is -3.43. The zero-order valence-electron chi connectivity index (χ0n) is 15.6. The molecular weight excluding hydrogens is 340 g/mol. The van der Waals surface area contributed by atoms with Crippen LogP contribution in [-0.4, -0.2) is 87.1 Å². The summed E-state index contributed by atoms with van der Waals surface area (Å²) < 4.78 is 27.1. The van der Waals surface area contributed by atoms with Gasteiger partial charge >= 0.3 is 0 Å². The van der Waals surface area contributed by atoms with Gasteiger partial charge in [-0.1, -0.05) is 24.3 Å². The van der Waals surface area contributed by atoms with Gasteiger partial charge in [-0.05, 0) is 32.1 Å². The number of rotatable bonds is 5. The molecule has 0 radical (unpaired) electrons. The summed E-state index contributed by atoms with van der Waals surface area (Å²) in [6, 6.07) is 7.51. The molecular formula is C17H28N4O3S. The Morgan fingerprint density at radius 3 is 2.08 bits per heavy atom. The van der Waals surface area contributed by atoms with Crippen LogP contribution in [0.2, 0.25) is 0 Å². The van der Waals surface area contributed by atoms with Crippen molar-refractivity contribution in [3.8, 4) is 0 Å². The minimum absolute atomic E-state index is 0.0150. The van der Waals surface area contributed by atoms with Crippen molar-refractivity contribution in [3.05, 3.63) is 35.4 Å². The second-order valence-electron chi connectivity index (χ2n) is 6.74. The average Bonchev–Trinajstić information content (AvgIpc) is 2.56. The van der Waals surface area contributed by atoms with Gasteiger partial charge < -0.3 is 4.90 Å². The van der Waals surface area contributed by atoms with Gasteiger partial charge in [0.25, 0.3) is 10.2 Å². The van der Waals surface area contributed by atoms with E-state index in [0.717, 1.165) is 11.1 Å². The van der Waals surface area contributed by atoms with E-state index in [0.29, 0.717) is 26.2 Å². The largest absolute Gasteiger partial charge is 0.338 e. The molecule has 1 unspecified atom stereocenters. The quantitative estimate of drug-likeness (QED) is 0.761. The first-order valence-corrected chi connectivity index (χ1v) is 9.74. The van der Waals surface area contributed by atoms with Gasteiger partial charge in [0, 0.05) is 40.3 Å². The number of carbonyl (C=O) groups excluding carboxylic acids is 1. The second-order valence-corrected chi connectivity index (χ2v) is 8.88. The number of hydrogen-bond donors (Lipinski definition) is 0. The van der Waals surface area contributed by atoms with Gasteiger partial charge in [0.05, 0.1) is 0 Å². The van der Waals surface area contributed by atoms with Crippen LogP contribution in [0.15, 0.2) is 24.3 Å². The number of benzene rings is 1. The van der Waals surface area contributed by atoms with Crippen molar-refractivity contribution >= 4 is 16.1 Å². The molecule has 1 aliphatic heterocycles. The Kier molecular flexibility index (Phi) is 6.21. The lowest BCUT2D eigenvalue weighted by Crippen LogP contribution is -2.54. The number of likely N-dealkylation sites (N-methyl/N-ethyl adjacent to an activating group) is 1. The van der Waals surface area contributed by atoms with Crippen molar-refractivity contribution in [2.24, 2.45) is 0 Å². The van der Waals surface area contributed by atoms with E-state index in [2.05, 4.69) is 0 Å². The normalized spacial score (nSPS) is 18.0. The Balaban J connectivity index is 2.14. The van der Waals surface area contributed by atoms with E-state index in [1.165, 1.54) is 22.7 Å². The van der Waals surface area contributed by atoms with Crippen molar-refractivity contribution < 1.29 is 13.2 Å². The lowest BCUT2D eigenvalue weighted by molar-refractivity contribution is -0.137. The fraction of sp³-hybridized carbons (Fsp3) is 0.588. The Bertz CT molecular complexity index is 710. The molecule has 8 heteroatoms. The Morgan fingerprint density at radius 1 is 1.04 bits per heavy atom. The van der Waals surface area contributed by atoms with Crippen LogP contribution in [0.4, 0.5) is 0 Å². The van der Waals surface area contributed by atoms with Crippen molar-refractivity contribution in [1.82, 2.24) is 18.4 Å².